The number of nitrogens with one attached hydrogen (secondary N) is 1. The maximum absolute atomic E-state index is 13.4. The predicted molar refractivity (Wildman–Crippen MR) is 104 cm³/mol. The second-order valence-corrected chi connectivity index (χ2v) is 8.30. The van der Waals surface area contributed by atoms with Gasteiger partial charge in [0.2, 0.25) is 0 Å². The minimum atomic E-state index is -4.69. The number of alkyl halides is 3. The highest BCUT2D eigenvalue weighted by molar-refractivity contribution is 7.21. The third-order valence-corrected chi connectivity index (χ3v) is 6.26. The Morgan fingerprint density at radius 3 is 2.57 bits per heavy atom. The fraction of sp³-hybridized carbons (Fsp3) is 0.250. The van der Waals surface area contributed by atoms with Gasteiger partial charge in [-0.05, 0) is 61.0 Å². The molecule has 3 aromatic rings. The Hall–Kier alpha value is -2.19. The van der Waals surface area contributed by atoms with Crippen molar-refractivity contribution >= 4 is 28.6 Å². The quantitative estimate of drug-likeness (QED) is 0.344. The van der Waals surface area contributed by atoms with Gasteiger partial charge >= 0.3 is 6.18 Å². The molecule has 0 saturated heterocycles. The molecule has 0 fully saturated rings. The molecule has 1 N–H and O–H groups in total. The maximum atomic E-state index is 13.4. The van der Waals surface area contributed by atoms with Crippen LogP contribution >= 0.6 is 22.7 Å². The highest BCUT2D eigenvalue weighted by Crippen LogP contribution is 2.32. The largest absolute Gasteiger partial charge is 0.416 e. The molecule has 0 atom stereocenters. The number of rotatable bonds is 7. The van der Waals surface area contributed by atoms with Crippen LogP contribution in [-0.4, -0.2) is 12.5 Å². The number of amides is 1. The van der Waals surface area contributed by atoms with Crippen LogP contribution in [-0.2, 0) is 12.6 Å². The molecule has 0 spiro atoms. The SMILES string of the molecule is O=C(NCCCCc1ccc(-c2cccs2)s1)c1cc(F)cc(C(F)(F)F)c1. The van der Waals surface area contributed by atoms with Gasteiger partial charge in [0.15, 0.2) is 0 Å². The number of hydrogen-bond donors (Lipinski definition) is 1. The molecule has 0 aliphatic heterocycles. The normalized spacial score (nSPS) is 11.6. The molecule has 8 heteroatoms. The first-order chi connectivity index (χ1) is 13.3. The number of benzene rings is 1. The third-order valence-electron chi connectivity index (χ3n) is 4.05. The summed E-state index contributed by atoms with van der Waals surface area (Å²) >= 11 is 3.42. The van der Waals surface area contributed by atoms with Crippen molar-refractivity contribution in [2.45, 2.75) is 25.4 Å². The lowest BCUT2D eigenvalue weighted by molar-refractivity contribution is -0.137. The summed E-state index contributed by atoms with van der Waals surface area (Å²) in [5, 5.41) is 4.59. The van der Waals surface area contributed by atoms with Crippen LogP contribution in [0.3, 0.4) is 0 Å². The number of carbonyl (C=O) groups is 1. The number of aryl methyl sites for hydroxylation is 1. The number of hydrogen-bond acceptors (Lipinski definition) is 3. The minimum absolute atomic E-state index is 0.319. The molecule has 2 nitrogen and oxygen atoms in total. The molecule has 2 heterocycles. The van der Waals surface area contributed by atoms with E-state index in [-0.39, 0.29) is 5.56 Å². The van der Waals surface area contributed by atoms with E-state index in [1.54, 1.807) is 22.7 Å². The molecule has 1 aromatic carbocycles. The Kier molecular flexibility index (Phi) is 6.51. The van der Waals surface area contributed by atoms with Crippen molar-refractivity contribution in [3.8, 4) is 9.75 Å². The molecular formula is C20H17F4NOS2. The van der Waals surface area contributed by atoms with Crippen LogP contribution in [0.15, 0.2) is 47.8 Å². The fourth-order valence-electron chi connectivity index (χ4n) is 2.68. The van der Waals surface area contributed by atoms with Crippen LogP contribution in [0.5, 0.6) is 0 Å². The molecule has 0 aliphatic rings. The highest BCUT2D eigenvalue weighted by atomic mass is 32.1. The maximum Gasteiger partial charge on any atom is 0.416 e. The van der Waals surface area contributed by atoms with E-state index in [4.69, 9.17) is 0 Å². The first-order valence-corrected chi connectivity index (χ1v) is 10.3. The van der Waals surface area contributed by atoms with E-state index in [2.05, 4.69) is 23.5 Å². The smallest absolute Gasteiger partial charge is 0.352 e. The topological polar surface area (TPSA) is 29.1 Å². The standard InChI is InChI=1S/C20H17F4NOS2/c21-15-11-13(10-14(12-15)20(22,23)24)19(26)25-8-2-1-4-16-6-7-18(28-16)17-5-3-9-27-17/h3,5-7,9-12H,1-2,4,8H2,(H,25,26). The zero-order valence-corrected chi connectivity index (χ0v) is 16.3. The van der Waals surface area contributed by atoms with E-state index < -0.39 is 23.5 Å². The van der Waals surface area contributed by atoms with E-state index in [9.17, 15) is 22.4 Å². The number of carbonyl (C=O) groups excluding carboxylic acids is 1. The van der Waals surface area contributed by atoms with Crippen molar-refractivity contribution < 1.29 is 22.4 Å². The molecule has 3 rings (SSSR count). The van der Waals surface area contributed by atoms with Gasteiger partial charge in [-0.15, -0.1) is 22.7 Å². The lowest BCUT2D eigenvalue weighted by atomic mass is 10.1. The van der Waals surface area contributed by atoms with Gasteiger partial charge in [0.05, 0.1) is 5.56 Å². The van der Waals surface area contributed by atoms with Crippen molar-refractivity contribution in [2.24, 2.45) is 0 Å². The number of thiophene rings is 2. The van der Waals surface area contributed by atoms with Crippen molar-refractivity contribution in [1.29, 1.82) is 0 Å². The summed E-state index contributed by atoms with van der Waals surface area (Å²) < 4.78 is 51.5. The molecule has 0 saturated carbocycles. The van der Waals surface area contributed by atoms with Crippen LogP contribution in [0.4, 0.5) is 17.6 Å². The Labute approximate surface area is 167 Å². The Bertz CT molecular complexity index is 932. The van der Waals surface area contributed by atoms with Gasteiger partial charge in [0.1, 0.15) is 5.82 Å². The monoisotopic (exact) mass is 427 g/mol. The van der Waals surface area contributed by atoms with Gasteiger partial charge in [0, 0.05) is 26.7 Å². The second-order valence-electron chi connectivity index (χ2n) is 6.18. The van der Waals surface area contributed by atoms with Gasteiger partial charge in [-0.2, -0.15) is 13.2 Å². The summed E-state index contributed by atoms with van der Waals surface area (Å²) in [4.78, 5) is 15.7. The van der Waals surface area contributed by atoms with Crippen molar-refractivity contribution in [3.05, 3.63) is 69.7 Å². The lowest BCUT2D eigenvalue weighted by Gasteiger charge is -2.10. The van der Waals surface area contributed by atoms with Crippen LogP contribution < -0.4 is 5.32 Å². The summed E-state index contributed by atoms with van der Waals surface area (Å²) in [5.41, 5.74) is -1.50. The Balaban J connectivity index is 1.45. The zero-order valence-electron chi connectivity index (χ0n) is 14.7. The molecule has 0 aliphatic carbocycles. The van der Waals surface area contributed by atoms with Crippen LogP contribution in [0, 0.1) is 5.82 Å². The van der Waals surface area contributed by atoms with E-state index in [0.717, 1.165) is 18.9 Å². The average molecular weight is 427 g/mol. The molecule has 1 amide bonds. The van der Waals surface area contributed by atoms with Gasteiger partial charge in [0.25, 0.3) is 5.91 Å². The third kappa shape index (κ3) is 5.42. The van der Waals surface area contributed by atoms with E-state index in [1.165, 1.54) is 14.6 Å². The van der Waals surface area contributed by atoms with Crippen molar-refractivity contribution in [2.75, 3.05) is 6.54 Å². The predicted octanol–water partition coefficient (Wildman–Crippen LogP) is 6.39. The van der Waals surface area contributed by atoms with Crippen LogP contribution in [0.2, 0.25) is 0 Å². The number of unbranched alkanes of at least 4 members (excludes halogenated alkanes) is 1. The molecule has 2 aromatic heterocycles. The summed E-state index contributed by atoms with van der Waals surface area (Å²) in [6.07, 6.45) is -2.31. The van der Waals surface area contributed by atoms with Crippen molar-refractivity contribution in [3.63, 3.8) is 0 Å². The molecule has 0 unspecified atom stereocenters. The van der Waals surface area contributed by atoms with E-state index in [0.29, 0.717) is 25.1 Å². The van der Waals surface area contributed by atoms with Crippen LogP contribution in [0.1, 0.15) is 33.6 Å². The summed E-state index contributed by atoms with van der Waals surface area (Å²) in [6, 6.07) is 10.1. The lowest BCUT2D eigenvalue weighted by Crippen LogP contribution is -2.25. The van der Waals surface area contributed by atoms with Gasteiger partial charge in [-0.3, -0.25) is 4.79 Å². The minimum Gasteiger partial charge on any atom is -0.352 e. The highest BCUT2D eigenvalue weighted by Gasteiger charge is 2.31. The van der Waals surface area contributed by atoms with Crippen LogP contribution in [0.25, 0.3) is 9.75 Å². The first kappa shape index (κ1) is 20.5. The van der Waals surface area contributed by atoms with E-state index in [1.807, 2.05) is 11.4 Å². The Morgan fingerprint density at radius 1 is 1.04 bits per heavy atom. The number of halogens is 4. The molecular weight excluding hydrogens is 410 g/mol. The zero-order chi connectivity index (χ0) is 20.1. The summed E-state index contributed by atoms with van der Waals surface area (Å²) in [7, 11) is 0. The first-order valence-electron chi connectivity index (χ1n) is 8.61. The summed E-state index contributed by atoms with van der Waals surface area (Å²) in [5.74, 6) is -1.79. The van der Waals surface area contributed by atoms with Gasteiger partial charge < -0.3 is 5.32 Å². The average Bonchev–Trinajstić information content (AvgIpc) is 3.31. The molecule has 28 heavy (non-hydrogen) atoms. The van der Waals surface area contributed by atoms with Gasteiger partial charge in [-0.1, -0.05) is 6.07 Å². The van der Waals surface area contributed by atoms with Crippen molar-refractivity contribution in [1.82, 2.24) is 5.32 Å². The van der Waals surface area contributed by atoms with Gasteiger partial charge in [-0.25, -0.2) is 4.39 Å². The fourth-order valence-corrected chi connectivity index (χ4v) is 4.56. The molecule has 0 radical (unpaired) electrons. The second kappa shape index (κ2) is 8.87. The van der Waals surface area contributed by atoms with E-state index >= 15 is 0 Å². The molecule has 148 valence electrons. The Morgan fingerprint density at radius 2 is 1.86 bits per heavy atom. The summed E-state index contributed by atoms with van der Waals surface area (Å²) in [6.45, 7) is 0.319. The molecule has 0 bridgehead atoms.